The van der Waals surface area contributed by atoms with E-state index in [2.05, 4.69) is 24.5 Å². The van der Waals surface area contributed by atoms with E-state index in [1.807, 2.05) is 32.0 Å². The summed E-state index contributed by atoms with van der Waals surface area (Å²) >= 11 is 0. The van der Waals surface area contributed by atoms with Crippen molar-refractivity contribution in [3.05, 3.63) is 59.7 Å². The van der Waals surface area contributed by atoms with E-state index >= 15 is 0 Å². The summed E-state index contributed by atoms with van der Waals surface area (Å²) in [5.74, 6) is -0.339. The summed E-state index contributed by atoms with van der Waals surface area (Å²) in [7, 11) is 0. The molecule has 8 nitrogen and oxygen atoms in total. The first kappa shape index (κ1) is 29.7. The summed E-state index contributed by atoms with van der Waals surface area (Å²) in [6.07, 6.45) is 0.815. The number of phenolic OH excluding ortho intramolecular Hbond substituents is 1. The first-order valence-corrected chi connectivity index (χ1v) is 12.7. The highest BCUT2D eigenvalue weighted by atomic mass is 16.6. The highest BCUT2D eigenvalue weighted by molar-refractivity contribution is 5.99. The van der Waals surface area contributed by atoms with E-state index in [-0.39, 0.29) is 24.2 Å². The zero-order valence-electron chi connectivity index (χ0n) is 23.0. The fourth-order valence-corrected chi connectivity index (χ4v) is 3.92. The predicted octanol–water partition coefficient (Wildman–Crippen LogP) is 5.56. The molecule has 0 aliphatic carbocycles. The van der Waals surface area contributed by atoms with E-state index in [4.69, 9.17) is 4.74 Å². The number of phenols is 1. The van der Waals surface area contributed by atoms with Crippen molar-refractivity contribution in [2.45, 2.75) is 79.0 Å². The number of benzene rings is 2. The van der Waals surface area contributed by atoms with Crippen molar-refractivity contribution in [2.75, 3.05) is 11.9 Å². The maximum absolute atomic E-state index is 13.8. The molecule has 2 aromatic rings. The Balaban J connectivity index is 2.44. The van der Waals surface area contributed by atoms with Gasteiger partial charge in [-0.2, -0.15) is 0 Å². The Morgan fingerprint density at radius 3 is 2.16 bits per heavy atom. The number of hydrogen-bond acceptors (Lipinski definition) is 5. The second-order valence-corrected chi connectivity index (χ2v) is 10.8. The molecule has 0 saturated carbocycles. The van der Waals surface area contributed by atoms with Gasteiger partial charge in [-0.1, -0.05) is 44.2 Å². The molecular formula is C29H41N3O5. The van der Waals surface area contributed by atoms with E-state index in [9.17, 15) is 19.5 Å². The molecule has 0 spiro atoms. The van der Waals surface area contributed by atoms with Crippen molar-refractivity contribution in [1.29, 1.82) is 0 Å². The van der Waals surface area contributed by atoms with E-state index in [0.717, 1.165) is 12.0 Å². The van der Waals surface area contributed by atoms with Gasteiger partial charge in [0.15, 0.2) is 0 Å². The smallest absolute Gasteiger partial charge is 0.408 e. The van der Waals surface area contributed by atoms with Crippen LogP contribution in [-0.2, 0) is 14.3 Å². The number of ether oxygens (including phenoxy) is 1. The number of alkyl carbamates (subject to hydrolysis) is 1. The predicted molar refractivity (Wildman–Crippen MR) is 145 cm³/mol. The Morgan fingerprint density at radius 1 is 0.973 bits per heavy atom. The maximum Gasteiger partial charge on any atom is 0.408 e. The minimum Gasteiger partial charge on any atom is -0.508 e. The van der Waals surface area contributed by atoms with E-state index in [1.54, 1.807) is 39.0 Å². The quantitative estimate of drug-likeness (QED) is 0.387. The van der Waals surface area contributed by atoms with Crippen LogP contribution in [0.1, 0.15) is 71.6 Å². The van der Waals surface area contributed by atoms with Crippen molar-refractivity contribution in [2.24, 2.45) is 5.92 Å². The molecule has 0 heterocycles. The van der Waals surface area contributed by atoms with E-state index in [0.29, 0.717) is 23.6 Å². The normalized spacial score (nSPS) is 13.0. The maximum atomic E-state index is 13.8. The highest BCUT2D eigenvalue weighted by Crippen LogP contribution is 2.29. The minimum absolute atomic E-state index is 0.0548. The van der Waals surface area contributed by atoms with Gasteiger partial charge in [0.1, 0.15) is 23.9 Å². The topological polar surface area (TPSA) is 108 Å². The van der Waals surface area contributed by atoms with Gasteiger partial charge < -0.3 is 25.4 Å². The van der Waals surface area contributed by atoms with Gasteiger partial charge in [-0.3, -0.25) is 9.59 Å². The zero-order chi connectivity index (χ0) is 27.8. The Hall–Kier alpha value is -3.55. The highest BCUT2D eigenvalue weighted by Gasteiger charge is 2.35. The number of aryl methyl sites for hydroxylation is 1. The van der Waals surface area contributed by atoms with Gasteiger partial charge in [0.2, 0.25) is 5.91 Å². The molecule has 0 aliphatic rings. The molecule has 3 N–H and O–H groups in total. The first-order chi connectivity index (χ1) is 17.3. The SMILES string of the molecule is Cc1ccccc1NC(=O)C(c1ccc(O)cc1)N(C(=O)CNC(=O)OC(C)(C)C)C(C)CCC(C)C. The molecule has 2 aromatic carbocycles. The average molecular weight is 512 g/mol. The molecule has 3 amide bonds. The molecule has 0 aromatic heterocycles. The number of anilines is 1. The lowest BCUT2D eigenvalue weighted by molar-refractivity contribution is -0.140. The van der Waals surface area contributed by atoms with Crippen molar-refractivity contribution in [3.8, 4) is 5.75 Å². The number of nitrogens with one attached hydrogen (secondary N) is 2. The largest absolute Gasteiger partial charge is 0.508 e. The van der Waals surface area contributed by atoms with Crippen LogP contribution in [-0.4, -0.2) is 46.1 Å². The molecule has 0 fully saturated rings. The van der Waals surface area contributed by atoms with E-state index < -0.39 is 23.6 Å². The number of para-hydroxylation sites is 1. The lowest BCUT2D eigenvalue weighted by atomic mass is 9.98. The van der Waals surface area contributed by atoms with Gasteiger partial charge in [-0.15, -0.1) is 0 Å². The van der Waals surface area contributed by atoms with Crippen LogP contribution in [0.15, 0.2) is 48.5 Å². The van der Waals surface area contributed by atoms with Crippen molar-refractivity contribution in [1.82, 2.24) is 10.2 Å². The van der Waals surface area contributed by atoms with Crippen molar-refractivity contribution >= 4 is 23.6 Å². The molecule has 0 aliphatic heterocycles. The van der Waals surface area contributed by atoms with Gasteiger partial charge >= 0.3 is 6.09 Å². The molecular weight excluding hydrogens is 470 g/mol. The third-order valence-corrected chi connectivity index (χ3v) is 5.85. The van der Waals surface area contributed by atoms with Gasteiger partial charge in [0, 0.05) is 11.7 Å². The number of carbonyl (C=O) groups is 3. The fourth-order valence-electron chi connectivity index (χ4n) is 3.92. The molecule has 202 valence electrons. The molecule has 2 rings (SSSR count). The summed E-state index contributed by atoms with van der Waals surface area (Å²) in [6, 6.07) is 12.4. The molecule has 2 unspecified atom stereocenters. The summed E-state index contributed by atoms with van der Waals surface area (Å²) in [5, 5.41) is 15.3. The van der Waals surface area contributed by atoms with Crippen LogP contribution >= 0.6 is 0 Å². The summed E-state index contributed by atoms with van der Waals surface area (Å²) in [4.78, 5) is 41.2. The number of carbonyl (C=O) groups excluding carboxylic acids is 3. The molecule has 8 heteroatoms. The third kappa shape index (κ3) is 9.44. The van der Waals surface area contributed by atoms with Crippen LogP contribution in [0.3, 0.4) is 0 Å². The van der Waals surface area contributed by atoms with Crippen molar-refractivity contribution in [3.63, 3.8) is 0 Å². The lowest BCUT2D eigenvalue weighted by Crippen LogP contribution is -2.50. The van der Waals surface area contributed by atoms with Crippen LogP contribution in [0.4, 0.5) is 10.5 Å². The Labute approximate surface area is 220 Å². The number of hydrogen-bond donors (Lipinski definition) is 3. The number of nitrogens with zero attached hydrogens (tertiary/aromatic N) is 1. The number of rotatable bonds is 10. The molecule has 0 radical (unpaired) electrons. The average Bonchev–Trinajstić information content (AvgIpc) is 2.80. The van der Waals surface area contributed by atoms with E-state index in [1.165, 1.54) is 17.0 Å². The molecule has 0 bridgehead atoms. The van der Waals surface area contributed by atoms with Crippen LogP contribution in [0.5, 0.6) is 5.75 Å². The Morgan fingerprint density at radius 2 is 1.59 bits per heavy atom. The van der Waals surface area contributed by atoms with Crippen LogP contribution < -0.4 is 10.6 Å². The summed E-state index contributed by atoms with van der Waals surface area (Å²) in [5.41, 5.74) is 1.37. The van der Waals surface area contributed by atoms with Gasteiger partial charge in [0.05, 0.1) is 0 Å². The van der Waals surface area contributed by atoms with Crippen molar-refractivity contribution < 1.29 is 24.2 Å². The third-order valence-electron chi connectivity index (χ3n) is 5.85. The number of amides is 3. The van der Waals surface area contributed by atoms with Gasteiger partial charge in [0.25, 0.3) is 5.91 Å². The monoisotopic (exact) mass is 511 g/mol. The second-order valence-electron chi connectivity index (χ2n) is 10.8. The Kier molecular flexibility index (Phi) is 10.5. The summed E-state index contributed by atoms with van der Waals surface area (Å²) in [6.45, 7) is 12.9. The molecule has 2 atom stereocenters. The van der Waals surface area contributed by atoms with Crippen LogP contribution in [0, 0.1) is 12.8 Å². The second kappa shape index (κ2) is 13.1. The molecule has 37 heavy (non-hydrogen) atoms. The summed E-state index contributed by atoms with van der Waals surface area (Å²) < 4.78 is 5.28. The standard InChI is InChI=1S/C29H41N3O5/c1-19(2)12-13-21(4)32(25(34)18-30-28(36)37-29(5,6)7)26(22-14-16-23(33)17-15-22)27(35)31-24-11-9-8-10-20(24)3/h8-11,14-17,19,21,26,33H,12-13,18H2,1-7H3,(H,30,36)(H,31,35). The Bertz CT molecular complexity index is 1060. The zero-order valence-corrected chi connectivity index (χ0v) is 23.0. The van der Waals surface area contributed by atoms with Crippen LogP contribution in [0.25, 0.3) is 0 Å². The van der Waals surface area contributed by atoms with Gasteiger partial charge in [-0.05, 0) is 82.7 Å². The lowest BCUT2D eigenvalue weighted by Gasteiger charge is -2.36. The van der Waals surface area contributed by atoms with Gasteiger partial charge in [-0.25, -0.2) is 4.79 Å². The first-order valence-electron chi connectivity index (χ1n) is 12.7. The number of aromatic hydroxyl groups is 1. The minimum atomic E-state index is -0.990. The van der Waals surface area contributed by atoms with Crippen LogP contribution in [0.2, 0.25) is 0 Å². The fraction of sp³-hybridized carbons (Fsp3) is 0.483. The molecule has 0 saturated heterocycles.